The van der Waals surface area contributed by atoms with Gasteiger partial charge in [0, 0.05) is 33.6 Å². The van der Waals surface area contributed by atoms with Crippen LogP contribution >= 0.6 is 27.7 Å². The fourth-order valence-corrected chi connectivity index (χ4v) is 3.51. The summed E-state index contributed by atoms with van der Waals surface area (Å²) in [5.41, 5.74) is 0.769. The fourth-order valence-electron chi connectivity index (χ4n) is 2.01. The Balaban J connectivity index is 2.19. The van der Waals surface area contributed by atoms with E-state index in [1.807, 2.05) is 40.9 Å². The first-order valence-electron chi connectivity index (χ1n) is 5.77. The van der Waals surface area contributed by atoms with Crippen LogP contribution in [0.25, 0.3) is 0 Å². The molecule has 92 valence electrons. The van der Waals surface area contributed by atoms with Crippen LogP contribution in [-0.4, -0.2) is 34.4 Å². The first-order chi connectivity index (χ1) is 8.09. The monoisotopic (exact) mass is 313 g/mol. The molecule has 1 aromatic carbocycles. The maximum absolute atomic E-state index is 12.4. The van der Waals surface area contributed by atoms with E-state index in [9.17, 15) is 4.79 Å². The summed E-state index contributed by atoms with van der Waals surface area (Å²) in [7, 11) is 0. The molecule has 0 aromatic heterocycles. The second kappa shape index (κ2) is 5.44. The normalized spacial score (nSPS) is 24.8. The van der Waals surface area contributed by atoms with Gasteiger partial charge in [0.2, 0.25) is 0 Å². The van der Waals surface area contributed by atoms with Crippen LogP contribution in [0.1, 0.15) is 24.2 Å². The molecule has 1 aliphatic heterocycles. The van der Waals surface area contributed by atoms with Crippen molar-refractivity contribution < 1.29 is 4.79 Å². The molecule has 2 unspecified atom stereocenters. The molecule has 0 spiro atoms. The molecule has 0 aliphatic carbocycles. The summed E-state index contributed by atoms with van der Waals surface area (Å²) in [5.74, 6) is 1.18. The molecule has 0 N–H and O–H groups in total. The molecular weight excluding hydrogens is 298 g/mol. The van der Waals surface area contributed by atoms with Crippen LogP contribution in [0.4, 0.5) is 0 Å². The fraction of sp³-hybridized carbons (Fsp3) is 0.462. The standard InChI is InChI=1S/C13H16BrNOS/c1-9-10(2)17-7-6-15(9)13(16)11-4-3-5-12(14)8-11/h3-5,8-10H,6-7H2,1-2H3. The Kier molecular flexibility index (Phi) is 4.15. The molecule has 2 atom stereocenters. The minimum Gasteiger partial charge on any atom is -0.334 e. The van der Waals surface area contributed by atoms with E-state index in [1.54, 1.807) is 0 Å². The van der Waals surface area contributed by atoms with E-state index in [1.165, 1.54) is 0 Å². The number of halogens is 1. The van der Waals surface area contributed by atoms with Crippen molar-refractivity contribution in [2.75, 3.05) is 12.3 Å². The third kappa shape index (κ3) is 2.86. The van der Waals surface area contributed by atoms with E-state index < -0.39 is 0 Å². The maximum atomic E-state index is 12.4. The molecule has 4 heteroatoms. The number of benzene rings is 1. The first kappa shape index (κ1) is 13.0. The van der Waals surface area contributed by atoms with Gasteiger partial charge in [0.25, 0.3) is 5.91 Å². The van der Waals surface area contributed by atoms with Gasteiger partial charge in [0.15, 0.2) is 0 Å². The molecule has 1 amide bonds. The Morgan fingerprint density at radius 2 is 2.24 bits per heavy atom. The van der Waals surface area contributed by atoms with Gasteiger partial charge < -0.3 is 4.90 Å². The third-order valence-corrected chi connectivity index (χ3v) is 5.05. The molecule has 0 saturated carbocycles. The number of nitrogens with zero attached hydrogens (tertiary/aromatic N) is 1. The highest BCUT2D eigenvalue weighted by Crippen LogP contribution is 2.26. The smallest absolute Gasteiger partial charge is 0.254 e. The zero-order valence-electron chi connectivity index (χ0n) is 10.0. The van der Waals surface area contributed by atoms with Crippen molar-refractivity contribution in [3.8, 4) is 0 Å². The second-order valence-electron chi connectivity index (χ2n) is 4.33. The SMILES string of the molecule is CC1SCCN(C(=O)c2cccc(Br)c2)C1C. The summed E-state index contributed by atoms with van der Waals surface area (Å²) in [5, 5.41) is 0.514. The third-order valence-electron chi connectivity index (χ3n) is 3.22. The topological polar surface area (TPSA) is 20.3 Å². The Bertz CT molecular complexity index is 424. The lowest BCUT2D eigenvalue weighted by Crippen LogP contribution is -2.47. The molecule has 1 aliphatic rings. The molecule has 17 heavy (non-hydrogen) atoms. The van der Waals surface area contributed by atoms with E-state index >= 15 is 0 Å². The van der Waals surface area contributed by atoms with Crippen LogP contribution in [0, 0.1) is 0 Å². The van der Waals surface area contributed by atoms with Crippen LogP contribution in [0.5, 0.6) is 0 Å². The lowest BCUT2D eigenvalue weighted by molar-refractivity contribution is 0.0698. The number of hydrogen-bond acceptors (Lipinski definition) is 2. The van der Waals surface area contributed by atoms with E-state index in [-0.39, 0.29) is 5.91 Å². The van der Waals surface area contributed by atoms with Crippen molar-refractivity contribution in [1.29, 1.82) is 0 Å². The van der Waals surface area contributed by atoms with Gasteiger partial charge in [0.1, 0.15) is 0 Å². The summed E-state index contributed by atoms with van der Waals surface area (Å²) in [4.78, 5) is 14.4. The zero-order chi connectivity index (χ0) is 12.4. The van der Waals surface area contributed by atoms with Crippen molar-refractivity contribution >= 4 is 33.6 Å². The van der Waals surface area contributed by atoms with Crippen LogP contribution in [-0.2, 0) is 0 Å². The average Bonchev–Trinajstić information content (AvgIpc) is 2.32. The van der Waals surface area contributed by atoms with Gasteiger partial charge in [-0.25, -0.2) is 0 Å². The molecule has 0 bridgehead atoms. The summed E-state index contributed by atoms with van der Waals surface area (Å²) in [6.07, 6.45) is 0. The molecular formula is C13H16BrNOS. The van der Waals surface area contributed by atoms with Crippen LogP contribution in [0.15, 0.2) is 28.7 Å². The molecule has 2 rings (SSSR count). The Labute approximate surface area is 115 Å². The Hall–Kier alpha value is -0.480. The summed E-state index contributed by atoms with van der Waals surface area (Å²) in [6, 6.07) is 7.92. The predicted molar refractivity (Wildman–Crippen MR) is 76.6 cm³/mol. The van der Waals surface area contributed by atoms with Crippen LogP contribution < -0.4 is 0 Å². The van der Waals surface area contributed by atoms with Crippen molar-refractivity contribution in [1.82, 2.24) is 4.90 Å². The predicted octanol–water partition coefficient (Wildman–Crippen LogP) is 3.42. The van der Waals surface area contributed by atoms with Crippen LogP contribution in [0.2, 0.25) is 0 Å². The molecule has 0 radical (unpaired) electrons. The van der Waals surface area contributed by atoms with Crippen LogP contribution in [0.3, 0.4) is 0 Å². The number of hydrogen-bond donors (Lipinski definition) is 0. The Morgan fingerprint density at radius 1 is 1.47 bits per heavy atom. The van der Waals surface area contributed by atoms with Gasteiger partial charge in [-0.1, -0.05) is 28.9 Å². The number of carbonyl (C=O) groups is 1. The number of carbonyl (C=O) groups excluding carboxylic acids is 1. The average molecular weight is 314 g/mol. The summed E-state index contributed by atoms with van der Waals surface area (Å²) in [6.45, 7) is 5.17. The first-order valence-corrected chi connectivity index (χ1v) is 7.62. The lowest BCUT2D eigenvalue weighted by atomic mass is 10.1. The van der Waals surface area contributed by atoms with Gasteiger partial charge >= 0.3 is 0 Å². The van der Waals surface area contributed by atoms with E-state index in [2.05, 4.69) is 29.8 Å². The Morgan fingerprint density at radius 3 is 2.94 bits per heavy atom. The molecule has 1 aromatic rings. The highest BCUT2D eigenvalue weighted by atomic mass is 79.9. The van der Waals surface area contributed by atoms with Gasteiger partial charge in [-0.05, 0) is 25.1 Å². The van der Waals surface area contributed by atoms with Crippen molar-refractivity contribution in [3.63, 3.8) is 0 Å². The summed E-state index contributed by atoms with van der Waals surface area (Å²) < 4.78 is 0.954. The van der Waals surface area contributed by atoms with Crippen molar-refractivity contribution in [2.45, 2.75) is 25.1 Å². The lowest BCUT2D eigenvalue weighted by Gasteiger charge is -2.37. The minimum atomic E-state index is 0.144. The highest BCUT2D eigenvalue weighted by molar-refractivity contribution is 9.10. The van der Waals surface area contributed by atoms with E-state index in [0.717, 1.165) is 22.3 Å². The molecule has 1 heterocycles. The van der Waals surface area contributed by atoms with Gasteiger partial charge in [-0.2, -0.15) is 11.8 Å². The van der Waals surface area contributed by atoms with Gasteiger partial charge in [0.05, 0.1) is 0 Å². The van der Waals surface area contributed by atoms with E-state index in [0.29, 0.717) is 11.3 Å². The summed E-state index contributed by atoms with van der Waals surface area (Å²) >= 11 is 5.35. The maximum Gasteiger partial charge on any atom is 0.254 e. The van der Waals surface area contributed by atoms with E-state index in [4.69, 9.17) is 0 Å². The van der Waals surface area contributed by atoms with Gasteiger partial charge in [-0.3, -0.25) is 4.79 Å². The quantitative estimate of drug-likeness (QED) is 0.792. The zero-order valence-corrected chi connectivity index (χ0v) is 12.4. The number of thioether (sulfide) groups is 1. The number of amides is 1. The largest absolute Gasteiger partial charge is 0.334 e. The molecule has 1 saturated heterocycles. The minimum absolute atomic E-state index is 0.144. The molecule has 2 nitrogen and oxygen atoms in total. The number of rotatable bonds is 1. The molecule has 1 fully saturated rings. The second-order valence-corrected chi connectivity index (χ2v) is 6.73. The highest BCUT2D eigenvalue weighted by Gasteiger charge is 2.29. The van der Waals surface area contributed by atoms with Gasteiger partial charge in [-0.15, -0.1) is 0 Å². The van der Waals surface area contributed by atoms with Crippen molar-refractivity contribution in [2.24, 2.45) is 0 Å². The van der Waals surface area contributed by atoms with Crippen molar-refractivity contribution in [3.05, 3.63) is 34.3 Å².